The molecule has 1 rings (SSSR count). The summed E-state index contributed by atoms with van der Waals surface area (Å²) < 4.78 is 26.7. The maximum atomic E-state index is 11.9. The van der Waals surface area contributed by atoms with Gasteiger partial charge in [0.05, 0.1) is 5.75 Å². The summed E-state index contributed by atoms with van der Waals surface area (Å²) in [6.07, 6.45) is 7.20. The summed E-state index contributed by atoms with van der Waals surface area (Å²) in [7, 11) is -3.13. The maximum absolute atomic E-state index is 11.9. The summed E-state index contributed by atoms with van der Waals surface area (Å²) in [6, 6.07) is 0.653. The van der Waals surface area contributed by atoms with Crippen LogP contribution in [0.4, 0.5) is 0 Å². The normalized spacial score (nSPS) is 16.8. The SMILES string of the molecule is CCC(CC)(CNS(=O)(=O)CCCNC1CC1)SC. The number of rotatable bonds is 11. The van der Waals surface area contributed by atoms with Crippen LogP contribution in [0.5, 0.6) is 0 Å². The third-order valence-electron chi connectivity index (χ3n) is 3.94. The minimum absolute atomic E-state index is 0.0410. The van der Waals surface area contributed by atoms with Gasteiger partial charge >= 0.3 is 0 Å². The van der Waals surface area contributed by atoms with Crippen molar-refractivity contribution in [3.05, 3.63) is 0 Å². The van der Waals surface area contributed by atoms with Gasteiger partial charge in [-0.25, -0.2) is 13.1 Å². The molecule has 6 heteroatoms. The lowest BCUT2D eigenvalue weighted by Crippen LogP contribution is -2.40. The van der Waals surface area contributed by atoms with Crippen LogP contribution >= 0.6 is 11.8 Å². The summed E-state index contributed by atoms with van der Waals surface area (Å²) in [5, 5.41) is 3.34. The van der Waals surface area contributed by atoms with E-state index in [1.54, 1.807) is 11.8 Å². The first-order valence-electron chi connectivity index (χ1n) is 7.23. The molecule has 0 unspecified atom stereocenters. The fourth-order valence-corrected chi connectivity index (χ4v) is 4.08. The van der Waals surface area contributed by atoms with Crippen molar-refractivity contribution < 1.29 is 8.42 Å². The van der Waals surface area contributed by atoms with Crippen LogP contribution in [0.2, 0.25) is 0 Å². The molecule has 0 aromatic carbocycles. The highest BCUT2D eigenvalue weighted by Crippen LogP contribution is 2.29. The van der Waals surface area contributed by atoms with E-state index >= 15 is 0 Å². The van der Waals surface area contributed by atoms with E-state index in [4.69, 9.17) is 0 Å². The van der Waals surface area contributed by atoms with E-state index in [0.717, 1.165) is 19.4 Å². The molecular weight excluding hydrogens is 280 g/mol. The van der Waals surface area contributed by atoms with Gasteiger partial charge in [-0.2, -0.15) is 11.8 Å². The first kappa shape index (κ1) is 17.3. The Morgan fingerprint density at radius 3 is 2.37 bits per heavy atom. The smallest absolute Gasteiger partial charge is 0.211 e. The summed E-state index contributed by atoms with van der Waals surface area (Å²) in [4.78, 5) is 0. The molecule has 0 aromatic rings. The third-order valence-corrected chi connectivity index (χ3v) is 6.93. The molecule has 0 saturated heterocycles. The Labute approximate surface area is 122 Å². The zero-order valence-corrected chi connectivity index (χ0v) is 14.0. The van der Waals surface area contributed by atoms with E-state index < -0.39 is 10.0 Å². The monoisotopic (exact) mass is 308 g/mol. The molecule has 2 N–H and O–H groups in total. The molecule has 0 amide bonds. The lowest BCUT2D eigenvalue weighted by atomic mass is 10.0. The fraction of sp³-hybridized carbons (Fsp3) is 1.00. The Kier molecular flexibility index (Phi) is 7.14. The molecule has 19 heavy (non-hydrogen) atoms. The fourth-order valence-electron chi connectivity index (χ4n) is 2.03. The van der Waals surface area contributed by atoms with Crippen molar-refractivity contribution in [1.82, 2.24) is 10.0 Å². The van der Waals surface area contributed by atoms with E-state index in [-0.39, 0.29) is 10.5 Å². The standard InChI is InChI=1S/C13H28N2O2S2/c1-4-13(5-2,18-3)11-15-19(16,17)10-6-9-14-12-7-8-12/h12,14-15H,4-11H2,1-3H3. The molecule has 0 spiro atoms. The van der Waals surface area contributed by atoms with Crippen LogP contribution in [0.25, 0.3) is 0 Å². The van der Waals surface area contributed by atoms with Crippen LogP contribution < -0.4 is 10.0 Å². The van der Waals surface area contributed by atoms with Gasteiger partial charge in [0.1, 0.15) is 0 Å². The predicted octanol–water partition coefficient (Wildman–Crippen LogP) is 1.97. The predicted molar refractivity (Wildman–Crippen MR) is 84.3 cm³/mol. The molecule has 1 saturated carbocycles. The molecule has 1 aliphatic carbocycles. The molecule has 114 valence electrons. The van der Waals surface area contributed by atoms with Gasteiger partial charge < -0.3 is 5.32 Å². The van der Waals surface area contributed by atoms with Gasteiger partial charge in [0, 0.05) is 17.3 Å². The van der Waals surface area contributed by atoms with Gasteiger partial charge in [0.2, 0.25) is 10.0 Å². The largest absolute Gasteiger partial charge is 0.314 e. The highest BCUT2D eigenvalue weighted by Gasteiger charge is 2.27. The number of nitrogens with one attached hydrogen (secondary N) is 2. The van der Waals surface area contributed by atoms with Crippen molar-refractivity contribution in [3.63, 3.8) is 0 Å². The topological polar surface area (TPSA) is 58.2 Å². The van der Waals surface area contributed by atoms with Gasteiger partial charge in [0.15, 0.2) is 0 Å². The Bertz CT molecular complexity index is 341. The van der Waals surface area contributed by atoms with Crippen LogP contribution in [-0.4, -0.2) is 44.3 Å². The molecule has 0 radical (unpaired) electrons. The second kappa shape index (κ2) is 7.86. The molecule has 4 nitrogen and oxygen atoms in total. The van der Waals surface area contributed by atoms with Crippen molar-refractivity contribution >= 4 is 21.8 Å². The third kappa shape index (κ3) is 6.47. The number of hydrogen-bond donors (Lipinski definition) is 2. The minimum atomic E-state index is -3.13. The van der Waals surface area contributed by atoms with E-state index in [0.29, 0.717) is 19.0 Å². The average Bonchev–Trinajstić information content (AvgIpc) is 3.21. The van der Waals surface area contributed by atoms with E-state index in [1.165, 1.54) is 12.8 Å². The lowest BCUT2D eigenvalue weighted by Gasteiger charge is -2.29. The highest BCUT2D eigenvalue weighted by atomic mass is 32.2. The molecule has 0 heterocycles. The highest BCUT2D eigenvalue weighted by molar-refractivity contribution is 8.00. The quantitative estimate of drug-likeness (QED) is 0.573. The van der Waals surface area contributed by atoms with Crippen molar-refractivity contribution in [2.75, 3.05) is 25.1 Å². The molecule has 0 aromatic heterocycles. The van der Waals surface area contributed by atoms with Gasteiger partial charge in [-0.05, 0) is 44.9 Å². The zero-order chi connectivity index (χ0) is 14.4. The molecule has 1 fully saturated rings. The van der Waals surface area contributed by atoms with Gasteiger partial charge in [-0.1, -0.05) is 13.8 Å². The van der Waals surface area contributed by atoms with Crippen molar-refractivity contribution in [1.29, 1.82) is 0 Å². The Morgan fingerprint density at radius 1 is 1.26 bits per heavy atom. The maximum Gasteiger partial charge on any atom is 0.211 e. The van der Waals surface area contributed by atoms with Crippen molar-refractivity contribution in [2.24, 2.45) is 0 Å². The summed E-state index contributed by atoms with van der Waals surface area (Å²) >= 11 is 1.76. The van der Waals surface area contributed by atoms with Crippen LogP contribution in [0.15, 0.2) is 0 Å². The molecule has 0 atom stereocenters. The second-order valence-electron chi connectivity index (χ2n) is 5.32. The van der Waals surface area contributed by atoms with E-state index in [2.05, 4.69) is 30.1 Å². The minimum Gasteiger partial charge on any atom is -0.314 e. The van der Waals surface area contributed by atoms with Crippen LogP contribution in [0.3, 0.4) is 0 Å². The van der Waals surface area contributed by atoms with Gasteiger partial charge in [-0.3, -0.25) is 0 Å². The summed E-state index contributed by atoms with van der Waals surface area (Å²) in [6.45, 7) is 5.59. The van der Waals surface area contributed by atoms with Gasteiger partial charge in [0.25, 0.3) is 0 Å². The number of hydrogen-bond acceptors (Lipinski definition) is 4. The summed E-state index contributed by atoms with van der Waals surface area (Å²) in [5.74, 6) is 0.227. The van der Waals surface area contributed by atoms with Crippen molar-refractivity contribution in [3.8, 4) is 0 Å². The van der Waals surface area contributed by atoms with Crippen LogP contribution in [0, 0.1) is 0 Å². The first-order chi connectivity index (χ1) is 8.97. The average molecular weight is 309 g/mol. The van der Waals surface area contributed by atoms with E-state index in [1.807, 2.05) is 0 Å². The molecular formula is C13H28N2O2S2. The Morgan fingerprint density at radius 2 is 1.89 bits per heavy atom. The second-order valence-corrected chi connectivity index (χ2v) is 8.52. The Balaban J connectivity index is 2.27. The number of thioether (sulfide) groups is 1. The van der Waals surface area contributed by atoms with E-state index in [9.17, 15) is 8.42 Å². The summed E-state index contributed by atoms with van der Waals surface area (Å²) in [5.41, 5.74) is 0. The van der Waals surface area contributed by atoms with Crippen molar-refractivity contribution in [2.45, 2.75) is 56.7 Å². The number of sulfonamides is 1. The van der Waals surface area contributed by atoms with Crippen LogP contribution in [-0.2, 0) is 10.0 Å². The molecule has 1 aliphatic rings. The molecule has 0 bridgehead atoms. The lowest BCUT2D eigenvalue weighted by molar-refractivity contribution is 0.520. The van der Waals surface area contributed by atoms with Crippen LogP contribution in [0.1, 0.15) is 46.0 Å². The zero-order valence-electron chi connectivity index (χ0n) is 12.4. The Hall–Kier alpha value is 0.220. The molecule has 0 aliphatic heterocycles. The van der Waals surface area contributed by atoms with Gasteiger partial charge in [-0.15, -0.1) is 0 Å². The first-order valence-corrected chi connectivity index (χ1v) is 10.1.